The summed E-state index contributed by atoms with van der Waals surface area (Å²) in [5.41, 5.74) is 1.70. The van der Waals surface area contributed by atoms with Crippen molar-refractivity contribution >= 4 is 11.8 Å². The highest BCUT2D eigenvalue weighted by Crippen LogP contribution is 2.09. The number of nitrogens with zero attached hydrogens (tertiary/aromatic N) is 3. The van der Waals surface area contributed by atoms with Crippen LogP contribution in [0.4, 0.5) is 4.39 Å². The monoisotopic (exact) mass is 366 g/mol. The predicted octanol–water partition coefficient (Wildman–Crippen LogP) is 2.40. The number of nitrogens with one attached hydrogen (secondary N) is 1. The third-order valence-corrected chi connectivity index (χ3v) is 4.02. The maximum atomic E-state index is 13.6. The van der Waals surface area contributed by atoms with Crippen LogP contribution in [0, 0.1) is 5.82 Å². The normalized spacial score (nSPS) is 10.4. The topological polar surface area (TPSA) is 67.2 Å². The highest BCUT2D eigenvalue weighted by atomic mass is 19.1. The number of amides is 2. The number of hydrogen-bond donors (Lipinski definition) is 1. The second-order valence-electron chi connectivity index (χ2n) is 6.04. The van der Waals surface area contributed by atoms with Crippen LogP contribution in [0.5, 0.6) is 0 Å². The summed E-state index contributed by atoms with van der Waals surface area (Å²) in [7, 11) is 1.64. The molecule has 27 heavy (non-hydrogen) atoms. The third kappa shape index (κ3) is 4.58. The zero-order valence-corrected chi connectivity index (χ0v) is 14.8. The second-order valence-corrected chi connectivity index (χ2v) is 6.04. The van der Waals surface area contributed by atoms with E-state index in [0.29, 0.717) is 6.54 Å². The van der Waals surface area contributed by atoms with Gasteiger partial charge >= 0.3 is 0 Å². The average molecular weight is 366 g/mol. The number of likely N-dealkylation sites (N-methyl/N-ethyl adjacent to an activating group) is 1. The molecule has 0 atom stereocenters. The summed E-state index contributed by atoms with van der Waals surface area (Å²) in [5.74, 6) is -1.52. The van der Waals surface area contributed by atoms with Gasteiger partial charge in [0.2, 0.25) is 5.91 Å². The first-order chi connectivity index (χ1) is 13.0. The highest BCUT2D eigenvalue weighted by Gasteiger charge is 2.15. The maximum absolute atomic E-state index is 13.6. The van der Waals surface area contributed by atoms with Gasteiger partial charge in [-0.1, -0.05) is 30.3 Å². The molecule has 0 saturated heterocycles. The number of hydrogen-bond acceptors (Lipinski definition) is 3. The Kier molecular flexibility index (Phi) is 5.61. The standard InChI is InChI=1S/C20H19FN4O2/c1-24(13-15-11-23-25(14-15)16-7-3-2-4-8-16)19(26)12-22-20(27)17-9-5-6-10-18(17)21/h2-11,14H,12-13H2,1H3,(H,22,27). The zero-order chi connectivity index (χ0) is 19.2. The van der Waals surface area contributed by atoms with E-state index in [1.54, 1.807) is 24.0 Å². The molecule has 0 aliphatic rings. The van der Waals surface area contributed by atoms with Crippen LogP contribution in [0.25, 0.3) is 5.69 Å². The Labute approximate surface area is 156 Å². The van der Waals surface area contributed by atoms with Gasteiger partial charge in [0.25, 0.3) is 5.91 Å². The van der Waals surface area contributed by atoms with Crippen molar-refractivity contribution in [2.75, 3.05) is 13.6 Å². The molecule has 0 unspecified atom stereocenters. The first-order valence-corrected chi connectivity index (χ1v) is 8.40. The van der Waals surface area contributed by atoms with Crippen LogP contribution in [-0.2, 0) is 11.3 Å². The Morgan fingerprint density at radius 3 is 2.56 bits per heavy atom. The maximum Gasteiger partial charge on any atom is 0.254 e. The predicted molar refractivity (Wildman–Crippen MR) is 98.8 cm³/mol. The Balaban J connectivity index is 1.54. The minimum Gasteiger partial charge on any atom is -0.343 e. The smallest absolute Gasteiger partial charge is 0.254 e. The number of para-hydroxylation sites is 1. The lowest BCUT2D eigenvalue weighted by Crippen LogP contribution is -2.38. The third-order valence-electron chi connectivity index (χ3n) is 4.02. The molecule has 0 bridgehead atoms. The van der Waals surface area contributed by atoms with Gasteiger partial charge in [0.1, 0.15) is 5.82 Å². The lowest BCUT2D eigenvalue weighted by Gasteiger charge is -2.16. The van der Waals surface area contributed by atoms with E-state index in [-0.39, 0.29) is 18.0 Å². The Morgan fingerprint density at radius 1 is 1.11 bits per heavy atom. The minimum atomic E-state index is -0.621. The van der Waals surface area contributed by atoms with Crippen LogP contribution >= 0.6 is 0 Å². The van der Waals surface area contributed by atoms with Crippen molar-refractivity contribution in [3.8, 4) is 5.69 Å². The molecule has 2 amide bonds. The van der Waals surface area contributed by atoms with Crippen molar-refractivity contribution in [1.29, 1.82) is 0 Å². The van der Waals surface area contributed by atoms with Crippen LogP contribution in [-0.4, -0.2) is 40.1 Å². The van der Waals surface area contributed by atoms with E-state index in [4.69, 9.17) is 0 Å². The molecule has 138 valence electrons. The lowest BCUT2D eigenvalue weighted by atomic mass is 10.2. The van der Waals surface area contributed by atoms with E-state index >= 15 is 0 Å². The summed E-state index contributed by atoms with van der Waals surface area (Å²) in [4.78, 5) is 25.7. The van der Waals surface area contributed by atoms with Gasteiger partial charge in [0, 0.05) is 25.4 Å². The van der Waals surface area contributed by atoms with Crippen LogP contribution in [0.15, 0.2) is 67.0 Å². The van der Waals surface area contributed by atoms with E-state index in [2.05, 4.69) is 10.4 Å². The van der Waals surface area contributed by atoms with Crippen LogP contribution in [0.3, 0.4) is 0 Å². The van der Waals surface area contributed by atoms with E-state index in [9.17, 15) is 14.0 Å². The molecule has 1 heterocycles. The summed E-state index contributed by atoms with van der Waals surface area (Å²) >= 11 is 0. The second kappa shape index (κ2) is 8.27. The Morgan fingerprint density at radius 2 is 1.81 bits per heavy atom. The molecule has 1 aromatic heterocycles. The van der Waals surface area contributed by atoms with Crippen molar-refractivity contribution in [2.45, 2.75) is 6.54 Å². The number of benzene rings is 2. The summed E-state index contributed by atoms with van der Waals surface area (Å²) in [5, 5.41) is 6.74. The van der Waals surface area contributed by atoms with Gasteiger partial charge in [0.15, 0.2) is 0 Å². The molecule has 6 nitrogen and oxygen atoms in total. The molecule has 0 radical (unpaired) electrons. The van der Waals surface area contributed by atoms with E-state index < -0.39 is 11.7 Å². The Bertz CT molecular complexity index is 940. The fraction of sp³-hybridized carbons (Fsp3) is 0.150. The van der Waals surface area contributed by atoms with Gasteiger partial charge in [-0.2, -0.15) is 5.10 Å². The summed E-state index contributed by atoms with van der Waals surface area (Å²) in [6, 6.07) is 15.3. The summed E-state index contributed by atoms with van der Waals surface area (Å²) in [6.07, 6.45) is 3.53. The number of carbonyl (C=O) groups excluding carboxylic acids is 2. The first-order valence-electron chi connectivity index (χ1n) is 8.40. The number of aromatic nitrogens is 2. The molecule has 0 spiro atoms. The molecule has 0 fully saturated rings. The minimum absolute atomic E-state index is 0.0860. The van der Waals surface area contributed by atoms with Crippen molar-refractivity contribution in [2.24, 2.45) is 0 Å². The van der Waals surface area contributed by atoms with Crippen molar-refractivity contribution in [3.05, 3.63) is 83.9 Å². The largest absolute Gasteiger partial charge is 0.343 e. The van der Waals surface area contributed by atoms with Crippen LogP contribution in [0.1, 0.15) is 15.9 Å². The molecule has 0 aliphatic heterocycles. The fourth-order valence-electron chi connectivity index (χ4n) is 2.56. The molecule has 0 saturated carbocycles. The van der Waals surface area contributed by atoms with Crippen molar-refractivity contribution < 1.29 is 14.0 Å². The van der Waals surface area contributed by atoms with E-state index in [1.807, 2.05) is 36.5 Å². The van der Waals surface area contributed by atoms with Gasteiger partial charge in [-0.15, -0.1) is 0 Å². The van der Waals surface area contributed by atoms with Gasteiger partial charge in [-0.05, 0) is 24.3 Å². The first kappa shape index (κ1) is 18.3. The SMILES string of the molecule is CN(Cc1cnn(-c2ccccc2)c1)C(=O)CNC(=O)c1ccccc1F. The Hall–Kier alpha value is -3.48. The van der Waals surface area contributed by atoms with Gasteiger partial charge in [-0.25, -0.2) is 9.07 Å². The molecule has 3 rings (SSSR count). The summed E-state index contributed by atoms with van der Waals surface area (Å²) in [6.45, 7) is 0.137. The lowest BCUT2D eigenvalue weighted by molar-refractivity contribution is -0.129. The zero-order valence-electron chi connectivity index (χ0n) is 14.8. The molecular formula is C20H19FN4O2. The molecular weight excluding hydrogens is 347 g/mol. The van der Waals surface area contributed by atoms with Crippen LogP contribution in [0.2, 0.25) is 0 Å². The average Bonchev–Trinajstić information content (AvgIpc) is 3.15. The van der Waals surface area contributed by atoms with Crippen molar-refractivity contribution in [3.63, 3.8) is 0 Å². The van der Waals surface area contributed by atoms with E-state index in [0.717, 1.165) is 11.3 Å². The molecule has 0 aliphatic carbocycles. The van der Waals surface area contributed by atoms with E-state index in [1.165, 1.54) is 23.1 Å². The van der Waals surface area contributed by atoms with Gasteiger partial charge in [0.05, 0.1) is 24.0 Å². The quantitative estimate of drug-likeness (QED) is 0.728. The van der Waals surface area contributed by atoms with Crippen molar-refractivity contribution in [1.82, 2.24) is 20.0 Å². The van der Waals surface area contributed by atoms with Crippen LogP contribution < -0.4 is 5.32 Å². The molecule has 1 N–H and O–H groups in total. The summed E-state index contributed by atoms with van der Waals surface area (Å²) < 4.78 is 15.3. The fourth-order valence-corrected chi connectivity index (χ4v) is 2.56. The number of halogens is 1. The highest BCUT2D eigenvalue weighted by molar-refractivity contribution is 5.96. The molecule has 2 aromatic carbocycles. The molecule has 7 heteroatoms. The number of rotatable bonds is 6. The number of carbonyl (C=O) groups is 2. The van der Waals surface area contributed by atoms with Gasteiger partial charge in [-0.3, -0.25) is 9.59 Å². The molecule has 3 aromatic rings. The van der Waals surface area contributed by atoms with Gasteiger partial charge < -0.3 is 10.2 Å².